The monoisotopic (exact) mass is 842 g/mol. The van der Waals surface area contributed by atoms with Gasteiger partial charge in [0.05, 0.1) is 62.1 Å². The van der Waals surface area contributed by atoms with Crippen molar-refractivity contribution in [2.24, 2.45) is 0 Å². The Morgan fingerprint density at radius 2 is 1.02 bits per heavy atom. The zero-order valence-electron chi connectivity index (χ0n) is 31.4. The molecule has 20 nitrogen and oxygen atoms in total. The van der Waals surface area contributed by atoms with Gasteiger partial charge < -0.3 is 26.2 Å². The van der Waals surface area contributed by atoms with Gasteiger partial charge in [-0.15, -0.1) is 0 Å². The minimum Gasteiger partial charge on any atom is -1.00 e. The van der Waals surface area contributed by atoms with Gasteiger partial charge in [0.15, 0.2) is 4.98 Å². The van der Waals surface area contributed by atoms with Crippen molar-refractivity contribution in [2.75, 3.05) is 11.5 Å². The summed E-state index contributed by atoms with van der Waals surface area (Å²) in [7, 11) is -5.11. The van der Waals surface area contributed by atoms with Gasteiger partial charge >= 0.3 is 20.3 Å². The highest BCUT2D eigenvalue weighted by Crippen LogP contribution is 2.24. The van der Waals surface area contributed by atoms with Crippen LogP contribution in [0.4, 0.5) is 41.4 Å². The molecule has 0 aliphatic rings. The Kier molecular flexibility index (Phi) is 17.3. The van der Waals surface area contributed by atoms with Crippen LogP contribution < -0.4 is 21.6 Å². The number of benzene rings is 5. The van der Waals surface area contributed by atoms with Crippen molar-refractivity contribution < 1.29 is 37.5 Å². The maximum Gasteiger partial charge on any atom is 0.762 e. The van der Waals surface area contributed by atoms with Gasteiger partial charge in [0.2, 0.25) is 5.39 Å². The number of nitrogens with one attached hydrogen (secondary N) is 4. The predicted molar refractivity (Wildman–Crippen MR) is 221 cm³/mol. The molecular formula is C35H32B2F4N14O6. The lowest BCUT2D eigenvalue weighted by atomic mass is 9.78. The summed E-state index contributed by atoms with van der Waals surface area (Å²) in [5.74, 6) is 0. The minimum atomic E-state index is -3.67. The molecule has 0 aliphatic heterocycles. The van der Waals surface area contributed by atoms with Gasteiger partial charge in [-0.2, -0.15) is 20.4 Å². The number of nitrogens with two attached hydrogens (primary N) is 2. The largest absolute Gasteiger partial charge is 1.00 e. The van der Waals surface area contributed by atoms with Crippen LogP contribution in [-0.2, 0) is 0 Å². The van der Waals surface area contributed by atoms with Crippen molar-refractivity contribution >= 4 is 92.2 Å². The molecule has 4 aromatic heterocycles. The second kappa shape index (κ2) is 22.5. The van der Waals surface area contributed by atoms with Gasteiger partial charge in [0, 0.05) is 45.9 Å². The van der Waals surface area contributed by atoms with E-state index < -0.39 is 24.5 Å². The number of fused-ring (bicyclic) bond motifs is 4. The average molecular weight is 842 g/mol. The molecule has 0 fully saturated rings. The standard InChI is InChI=1S/C7H7BN2O2.C7H5N4.C7H5N3O2.C7H7N3.C7H8N2O2.BF3.FH/c11-8(12)6-2-1-3-7-5(6)4-9-10-7;8-10-6-2-1-3-7-5(6)4-9-11-7;11-10(12)7-3-1-2-6-5(7)4-8-9-6;8-6-2-1-3-7-5(6)4-9-10-7;1-5-6(8)3-2-4-7(5)9(10)11;2-1(3)4;/h1-4,11-12H,(H,9,10);1-4H,(H,9,11);1-4H,(H,8,9);1-4H,8H2,(H,9,10);2-4H,8H2,1H3;;1H/q;+1;;;;;/p-1. The van der Waals surface area contributed by atoms with Crippen molar-refractivity contribution in [3.63, 3.8) is 0 Å². The molecule has 10 N–H and O–H groups in total. The van der Waals surface area contributed by atoms with Crippen molar-refractivity contribution in [3.8, 4) is 0 Å². The number of anilines is 2. The Morgan fingerprint density at radius 1 is 0.623 bits per heavy atom. The van der Waals surface area contributed by atoms with E-state index in [-0.39, 0.29) is 16.1 Å². The number of H-pyrrole nitrogens is 4. The molecule has 0 unspecified atom stereocenters. The number of nitrogen functional groups attached to an aromatic ring is 2. The molecule has 0 saturated heterocycles. The number of aromatic nitrogens is 8. The lowest BCUT2D eigenvalue weighted by Gasteiger charge is -1.98. The third-order valence-corrected chi connectivity index (χ3v) is 8.09. The molecule has 4 heterocycles. The minimum absolute atomic E-state index is 0. The summed E-state index contributed by atoms with van der Waals surface area (Å²) >= 11 is 0. The summed E-state index contributed by atoms with van der Waals surface area (Å²) in [4.78, 5) is 23.1. The van der Waals surface area contributed by atoms with E-state index in [2.05, 4.69) is 45.8 Å². The highest BCUT2D eigenvalue weighted by atomic mass is 19.4. The topological polar surface area (TPSA) is 322 Å². The van der Waals surface area contributed by atoms with Crippen molar-refractivity contribution in [1.29, 1.82) is 5.39 Å². The second-order valence-corrected chi connectivity index (χ2v) is 11.8. The first kappa shape index (κ1) is 46.9. The lowest BCUT2D eigenvalue weighted by Crippen LogP contribution is -3.00. The highest BCUT2D eigenvalue weighted by Gasteiger charge is 2.15. The first-order valence-corrected chi connectivity index (χ1v) is 16.9. The summed E-state index contributed by atoms with van der Waals surface area (Å²) in [5.41, 5.74) is 17.4. The fraction of sp³-hybridized carbons (Fsp3) is 0.0286. The van der Waals surface area contributed by atoms with E-state index in [9.17, 15) is 33.2 Å². The molecule has 0 radical (unpaired) electrons. The molecule has 0 bridgehead atoms. The van der Waals surface area contributed by atoms with Crippen molar-refractivity contribution in [2.45, 2.75) is 6.92 Å². The van der Waals surface area contributed by atoms with E-state index in [1.807, 2.05) is 30.3 Å². The van der Waals surface area contributed by atoms with Crippen LogP contribution in [0.3, 0.4) is 0 Å². The number of aromatic amines is 4. The van der Waals surface area contributed by atoms with Crippen LogP contribution in [0.5, 0.6) is 0 Å². The van der Waals surface area contributed by atoms with Crippen molar-refractivity contribution in [3.05, 3.63) is 147 Å². The van der Waals surface area contributed by atoms with Crippen LogP contribution in [-0.4, -0.2) is 75.3 Å². The summed E-state index contributed by atoms with van der Waals surface area (Å²) in [6.07, 6.45) is 6.38. The molecule has 0 saturated carbocycles. The van der Waals surface area contributed by atoms with E-state index in [1.165, 1.54) is 18.3 Å². The van der Waals surface area contributed by atoms with Gasteiger partial charge in [-0.05, 0) is 48.8 Å². The third kappa shape index (κ3) is 12.8. The Morgan fingerprint density at radius 3 is 1.52 bits per heavy atom. The Hall–Kier alpha value is -8.43. The van der Waals surface area contributed by atoms with Gasteiger partial charge in [-0.1, -0.05) is 36.4 Å². The average Bonchev–Trinajstić information content (AvgIpc) is 4.06. The first-order chi connectivity index (χ1) is 28.7. The fourth-order valence-corrected chi connectivity index (χ4v) is 5.20. The van der Waals surface area contributed by atoms with E-state index >= 15 is 0 Å². The highest BCUT2D eigenvalue weighted by molar-refractivity contribution is 6.61. The summed E-state index contributed by atoms with van der Waals surface area (Å²) in [5, 5.41) is 76.5. The van der Waals surface area contributed by atoms with Crippen LogP contribution in [0, 0.1) is 32.5 Å². The molecule has 26 heteroatoms. The van der Waals surface area contributed by atoms with Gasteiger partial charge in [0.1, 0.15) is 5.39 Å². The maximum atomic E-state index is 10.5. The number of nitro groups is 2. The molecule has 9 aromatic rings. The van der Waals surface area contributed by atoms with Gasteiger partial charge in [0.25, 0.3) is 11.4 Å². The molecule has 0 aliphatic carbocycles. The fourth-order valence-electron chi connectivity index (χ4n) is 5.20. The van der Waals surface area contributed by atoms with Crippen LogP contribution in [0.15, 0.2) is 116 Å². The number of nitrogens with zero attached hydrogens (tertiary/aromatic N) is 8. The van der Waals surface area contributed by atoms with E-state index in [0.29, 0.717) is 33.3 Å². The van der Waals surface area contributed by atoms with Crippen LogP contribution in [0.2, 0.25) is 0 Å². The molecule has 0 spiro atoms. The predicted octanol–water partition coefficient (Wildman–Crippen LogP) is 3.28. The van der Waals surface area contributed by atoms with Crippen LogP contribution in [0.25, 0.3) is 48.6 Å². The molecule has 0 amide bonds. The number of halogens is 4. The maximum absolute atomic E-state index is 10.5. The molecule has 61 heavy (non-hydrogen) atoms. The number of non-ortho nitro benzene ring substituents is 1. The number of rotatable bonds is 3. The van der Waals surface area contributed by atoms with Crippen molar-refractivity contribution in [1.82, 2.24) is 40.8 Å². The Balaban J connectivity index is 0.000000198. The van der Waals surface area contributed by atoms with Gasteiger partial charge in [-0.25, -0.2) is 0 Å². The number of diazo groups is 1. The smallest absolute Gasteiger partial charge is 0.762 e. The molecular weight excluding hydrogens is 810 g/mol. The number of hydrogen-bond acceptors (Lipinski definition) is 13. The zero-order valence-corrected chi connectivity index (χ0v) is 31.4. The van der Waals surface area contributed by atoms with E-state index in [0.717, 1.165) is 38.4 Å². The zero-order chi connectivity index (χ0) is 43.8. The second-order valence-electron chi connectivity index (χ2n) is 11.8. The Bertz CT molecular complexity index is 2860. The van der Waals surface area contributed by atoms with Crippen LogP contribution in [0.1, 0.15) is 5.56 Å². The molecule has 9 rings (SSSR count). The van der Waals surface area contributed by atoms with Gasteiger partial charge in [-0.3, -0.25) is 53.6 Å². The molecule has 0 atom stereocenters. The summed E-state index contributed by atoms with van der Waals surface area (Å²) < 4.78 is 29.0. The molecule has 5 aromatic carbocycles. The van der Waals surface area contributed by atoms with E-state index in [4.69, 9.17) is 26.9 Å². The third-order valence-electron chi connectivity index (χ3n) is 8.09. The number of nitro benzene ring substituents is 2. The SMILES string of the molecule is Cc1c(N)cccc1[N+](=O)[O-].FB(F)F.N#[N+]c1cccc2[nH]ncc12.Nc1cccc2[nH]ncc12.O=[N+]([O-])c1cccc2[nH]ncc12.OB(O)c1cccc2[nH]ncc12.[F-]. The Labute approximate surface area is 340 Å². The molecule has 312 valence electrons. The first-order valence-electron chi connectivity index (χ1n) is 16.9. The lowest BCUT2D eigenvalue weighted by molar-refractivity contribution is -0.385. The normalized spacial score (nSPS) is 9.72. The summed E-state index contributed by atoms with van der Waals surface area (Å²) in [6.45, 7) is 1.63. The quantitative estimate of drug-likeness (QED) is 0.0317. The number of hydrogen-bond donors (Lipinski definition) is 8. The van der Waals surface area contributed by atoms with Crippen LogP contribution >= 0.6 is 0 Å². The van der Waals surface area contributed by atoms with E-state index in [1.54, 1.807) is 74.0 Å². The summed E-state index contributed by atoms with van der Waals surface area (Å²) in [6, 6.07) is 25.8.